The van der Waals surface area contributed by atoms with Crippen molar-refractivity contribution in [2.24, 2.45) is 0 Å². The predicted molar refractivity (Wildman–Crippen MR) is 153 cm³/mol. The Labute approximate surface area is 222 Å². The first-order valence-electron chi connectivity index (χ1n) is 12.4. The second-order valence-corrected chi connectivity index (χ2v) is 10.8. The van der Waals surface area contributed by atoms with Crippen LogP contribution in [0.25, 0.3) is 11.1 Å². The van der Waals surface area contributed by atoms with Crippen molar-refractivity contribution >= 4 is 43.1 Å². The Hall–Kier alpha value is -1.97. The second kappa shape index (κ2) is 17.5. The maximum absolute atomic E-state index is 11.5. The van der Waals surface area contributed by atoms with Gasteiger partial charge in [-0.25, -0.2) is 0 Å². The lowest BCUT2D eigenvalue weighted by molar-refractivity contribution is -0.111. The van der Waals surface area contributed by atoms with E-state index in [0.717, 1.165) is 60.8 Å². The molecule has 0 aliphatic rings. The first-order valence-corrected chi connectivity index (χ1v) is 14.3. The molecule has 2 aromatic carbocycles. The van der Waals surface area contributed by atoms with Gasteiger partial charge >= 0.3 is 8.80 Å². The molecule has 194 valence electrons. The maximum atomic E-state index is 11.5. The Kier molecular flexibility index (Phi) is 15.5. The molecule has 0 heterocycles. The summed E-state index contributed by atoms with van der Waals surface area (Å²) in [6.07, 6.45) is 4.99. The second-order valence-electron chi connectivity index (χ2n) is 8.08. The molecule has 0 aliphatic heterocycles. The van der Waals surface area contributed by atoms with E-state index in [1.54, 1.807) is 0 Å². The molecule has 1 amide bonds. The van der Waals surface area contributed by atoms with Crippen LogP contribution in [0.4, 0.5) is 11.4 Å². The summed E-state index contributed by atoms with van der Waals surface area (Å²) in [7, 11) is -2.68. The molecule has 0 radical (unpaired) electrons. The minimum Gasteiger partial charge on any atom is -0.385 e. The molecule has 6 nitrogen and oxygen atoms in total. The van der Waals surface area contributed by atoms with Crippen LogP contribution in [0.2, 0.25) is 6.04 Å². The standard InChI is InChI=1S/C27H40N2O4Si.BrH/c1-5-19-31-34(32-20-6-2,33-21-7-3)22-11-18-28-26-13-10-9-12-25(26)23-14-16-24(17-15-23)29-27(30)8-4;/h8-10,12-17,28H,4-7,11,18-22H2,1-3H3,(H,29,30);1H. The number of benzene rings is 2. The average Bonchev–Trinajstić information content (AvgIpc) is 2.87. The number of hydrogen-bond acceptors (Lipinski definition) is 5. The summed E-state index contributed by atoms with van der Waals surface area (Å²) in [5.41, 5.74) is 3.99. The maximum Gasteiger partial charge on any atom is 0.501 e. The van der Waals surface area contributed by atoms with E-state index in [0.29, 0.717) is 19.8 Å². The van der Waals surface area contributed by atoms with Gasteiger partial charge in [0.25, 0.3) is 0 Å². The molecule has 0 aromatic heterocycles. The lowest BCUT2D eigenvalue weighted by Crippen LogP contribution is -2.46. The molecular weight excluding hydrogens is 524 g/mol. The Morgan fingerprint density at radius 2 is 1.49 bits per heavy atom. The van der Waals surface area contributed by atoms with E-state index in [2.05, 4.69) is 50.1 Å². The van der Waals surface area contributed by atoms with Crippen LogP contribution < -0.4 is 10.6 Å². The van der Waals surface area contributed by atoms with Crippen molar-refractivity contribution in [3.63, 3.8) is 0 Å². The first-order chi connectivity index (χ1) is 16.6. The number of hydrogen-bond donors (Lipinski definition) is 2. The summed E-state index contributed by atoms with van der Waals surface area (Å²) in [4.78, 5) is 11.5. The largest absolute Gasteiger partial charge is 0.501 e. The lowest BCUT2D eigenvalue weighted by Gasteiger charge is -2.29. The summed E-state index contributed by atoms with van der Waals surface area (Å²) in [6, 6.07) is 16.8. The van der Waals surface area contributed by atoms with Crippen LogP contribution in [-0.4, -0.2) is 41.1 Å². The summed E-state index contributed by atoms with van der Waals surface area (Å²) < 4.78 is 18.6. The molecule has 0 saturated carbocycles. The summed E-state index contributed by atoms with van der Waals surface area (Å²) in [6.45, 7) is 12.6. The van der Waals surface area contributed by atoms with E-state index in [4.69, 9.17) is 13.3 Å². The third-order valence-electron chi connectivity index (χ3n) is 5.13. The van der Waals surface area contributed by atoms with Gasteiger partial charge in [0.15, 0.2) is 0 Å². The number of nitrogens with one attached hydrogen (secondary N) is 2. The minimum absolute atomic E-state index is 0. The van der Waals surface area contributed by atoms with Crippen LogP contribution in [0.3, 0.4) is 0 Å². The first kappa shape index (κ1) is 31.1. The molecule has 2 aromatic rings. The van der Waals surface area contributed by atoms with E-state index < -0.39 is 8.80 Å². The van der Waals surface area contributed by atoms with Gasteiger partial charge in [-0.05, 0) is 55.5 Å². The van der Waals surface area contributed by atoms with Crippen molar-refractivity contribution in [3.05, 3.63) is 61.2 Å². The Morgan fingerprint density at radius 1 is 0.914 bits per heavy atom. The molecule has 0 fully saturated rings. The van der Waals surface area contributed by atoms with Gasteiger partial charge in [0.2, 0.25) is 5.91 Å². The van der Waals surface area contributed by atoms with E-state index in [1.807, 2.05) is 36.4 Å². The van der Waals surface area contributed by atoms with Gasteiger partial charge in [0.1, 0.15) is 0 Å². The summed E-state index contributed by atoms with van der Waals surface area (Å²) >= 11 is 0. The molecule has 0 spiro atoms. The molecule has 8 heteroatoms. The zero-order chi connectivity index (χ0) is 24.7. The zero-order valence-corrected chi connectivity index (χ0v) is 24.0. The summed E-state index contributed by atoms with van der Waals surface area (Å²) in [5, 5.41) is 6.36. The topological polar surface area (TPSA) is 68.8 Å². The summed E-state index contributed by atoms with van der Waals surface area (Å²) in [5.74, 6) is -0.219. The predicted octanol–water partition coefficient (Wildman–Crippen LogP) is 7.08. The van der Waals surface area contributed by atoms with Crippen LogP contribution in [0, 0.1) is 0 Å². The van der Waals surface area contributed by atoms with Gasteiger partial charge < -0.3 is 23.9 Å². The normalized spacial score (nSPS) is 10.9. The number of para-hydroxylation sites is 1. The highest BCUT2D eigenvalue weighted by molar-refractivity contribution is 8.93. The van der Waals surface area contributed by atoms with Gasteiger partial charge in [-0.3, -0.25) is 4.79 Å². The fraction of sp³-hybridized carbons (Fsp3) is 0.444. The van der Waals surface area contributed by atoms with Gasteiger partial charge in [-0.1, -0.05) is 57.7 Å². The van der Waals surface area contributed by atoms with Gasteiger partial charge in [0.05, 0.1) is 0 Å². The third-order valence-corrected chi connectivity index (χ3v) is 8.03. The highest BCUT2D eigenvalue weighted by atomic mass is 79.9. The van der Waals surface area contributed by atoms with Crippen molar-refractivity contribution < 1.29 is 18.1 Å². The Morgan fingerprint density at radius 3 is 2.03 bits per heavy atom. The van der Waals surface area contributed by atoms with Crippen LogP contribution in [0.1, 0.15) is 46.5 Å². The number of carbonyl (C=O) groups is 1. The highest BCUT2D eigenvalue weighted by Crippen LogP contribution is 2.29. The molecule has 35 heavy (non-hydrogen) atoms. The number of anilines is 2. The van der Waals surface area contributed by atoms with E-state index in [-0.39, 0.29) is 22.9 Å². The molecule has 0 unspecified atom stereocenters. The monoisotopic (exact) mass is 564 g/mol. The van der Waals surface area contributed by atoms with E-state index in [9.17, 15) is 4.79 Å². The van der Waals surface area contributed by atoms with E-state index in [1.165, 1.54) is 6.08 Å². The molecule has 0 saturated heterocycles. The SMILES string of the molecule is Br.C=CC(=O)Nc1ccc(-c2ccccc2NCCC[Si](OCCC)(OCCC)OCCC)cc1. The number of rotatable bonds is 17. The molecule has 2 rings (SSSR count). The van der Waals surface area contributed by atoms with Crippen molar-refractivity contribution in [2.75, 3.05) is 37.0 Å². The quantitative estimate of drug-likeness (QED) is 0.122. The van der Waals surface area contributed by atoms with Crippen LogP contribution >= 0.6 is 17.0 Å². The minimum atomic E-state index is -2.68. The van der Waals surface area contributed by atoms with Crippen molar-refractivity contribution in [1.82, 2.24) is 0 Å². The van der Waals surface area contributed by atoms with Gasteiger partial charge in [0, 0.05) is 49.3 Å². The average molecular weight is 566 g/mol. The fourth-order valence-corrected chi connectivity index (χ4v) is 6.30. The van der Waals surface area contributed by atoms with Crippen LogP contribution in [0.5, 0.6) is 0 Å². The van der Waals surface area contributed by atoms with E-state index >= 15 is 0 Å². The molecule has 0 aliphatic carbocycles. The number of carbonyl (C=O) groups excluding carboxylic acids is 1. The zero-order valence-electron chi connectivity index (χ0n) is 21.3. The molecule has 0 bridgehead atoms. The Bertz CT molecular complexity index is 858. The molecule has 0 atom stereocenters. The van der Waals surface area contributed by atoms with Crippen LogP contribution in [-0.2, 0) is 18.1 Å². The third kappa shape index (κ3) is 10.7. The Balaban J connectivity index is 0.00000612. The number of amides is 1. The van der Waals surface area contributed by atoms with Gasteiger partial charge in [-0.15, -0.1) is 17.0 Å². The van der Waals surface area contributed by atoms with Crippen LogP contribution in [0.15, 0.2) is 61.2 Å². The van der Waals surface area contributed by atoms with Crippen molar-refractivity contribution in [1.29, 1.82) is 0 Å². The smallest absolute Gasteiger partial charge is 0.385 e. The van der Waals surface area contributed by atoms with Gasteiger partial charge in [-0.2, -0.15) is 0 Å². The highest BCUT2D eigenvalue weighted by Gasteiger charge is 2.40. The fourth-order valence-electron chi connectivity index (χ4n) is 3.46. The van der Waals surface area contributed by atoms with Crippen molar-refractivity contribution in [3.8, 4) is 11.1 Å². The molecular formula is C27H41BrN2O4Si. The molecule has 2 N–H and O–H groups in total. The lowest BCUT2D eigenvalue weighted by atomic mass is 10.0. The number of halogens is 1. The van der Waals surface area contributed by atoms with Crippen molar-refractivity contribution in [2.45, 2.75) is 52.5 Å².